The lowest BCUT2D eigenvalue weighted by molar-refractivity contribution is 0.0953. The maximum Gasteiger partial charge on any atom is 0.347 e. The predicted molar refractivity (Wildman–Crippen MR) is 75.5 cm³/mol. The van der Waals surface area contributed by atoms with Gasteiger partial charge in [-0.05, 0) is 12.1 Å². The second-order valence-electron chi connectivity index (χ2n) is 4.40. The first-order valence-electron chi connectivity index (χ1n) is 6.23. The van der Waals surface area contributed by atoms with Gasteiger partial charge in [-0.25, -0.2) is 15.6 Å². The zero-order valence-corrected chi connectivity index (χ0v) is 10.9. The van der Waals surface area contributed by atoms with Crippen molar-refractivity contribution in [1.29, 1.82) is 0 Å². The third-order valence-electron chi connectivity index (χ3n) is 3.12. The van der Waals surface area contributed by atoms with Crippen molar-refractivity contribution < 1.29 is 9.21 Å². The molecule has 0 saturated carbocycles. The number of hydrazine groups is 1. The van der Waals surface area contributed by atoms with Crippen LogP contribution >= 0.6 is 0 Å². The van der Waals surface area contributed by atoms with Crippen molar-refractivity contribution >= 4 is 16.9 Å². The van der Waals surface area contributed by atoms with E-state index in [4.69, 9.17) is 10.3 Å². The molecule has 1 amide bonds. The molecule has 0 radical (unpaired) electrons. The Balaban J connectivity index is 2.16. The number of nitrogens with two attached hydrogens (primary N) is 1. The van der Waals surface area contributed by atoms with Crippen molar-refractivity contribution in [2.75, 3.05) is 0 Å². The molecule has 21 heavy (non-hydrogen) atoms. The van der Waals surface area contributed by atoms with Crippen molar-refractivity contribution in [3.63, 3.8) is 0 Å². The van der Waals surface area contributed by atoms with Gasteiger partial charge in [-0.3, -0.25) is 14.8 Å². The van der Waals surface area contributed by atoms with Crippen LogP contribution in [0, 0.1) is 0 Å². The Kier molecular flexibility index (Phi) is 3.25. The number of rotatable bonds is 3. The van der Waals surface area contributed by atoms with Crippen LogP contribution in [0.2, 0.25) is 0 Å². The van der Waals surface area contributed by atoms with Gasteiger partial charge in [-0.15, -0.1) is 0 Å². The summed E-state index contributed by atoms with van der Waals surface area (Å²) in [4.78, 5) is 27.3. The predicted octanol–water partition coefficient (Wildman–Crippen LogP) is 0.641. The van der Waals surface area contributed by atoms with Crippen LogP contribution in [-0.2, 0) is 6.54 Å². The van der Waals surface area contributed by atoms with Gasteiger partial charge in [0, 0.05) is 17.8 Å². The molecule has 3 aromatic rings. The summed E-state index contributed by atoms with van der Waals surface area (Å²) in [6.45, 7) is 0.101. The number of benzene rings is 1. The van der Waals surface area contributed by atoms with Crippen LogP contribution in [0.4, 0.5) is 0 Å². The molecule has 0 spiro atoms. The number of amides is 1. The van der Waals surface area contributed by atoms with E-state index >= 15 is 0 Å². The van der Waals surface area contributed by atoms with Crippen LogP contribution in [0.5, 0.6) is 0 Å². The summed E-state index contributed by atoms with van der Waals surface area (Å²) in [5, 5.41) is 0.646. The molecular formula is C14H12N4O3. The van der Waals surface area contributed by atoms with Crippen LogP contribution in [0.25, 0.3) is 11.0 Å². The lowest BCUT2D eigenvalue weighted by atomic mass is 10.1. The average Bonchev–Trinajstić information content (AvgIpc) is 2.87. The Bertz CT molecular complexity index is 866. The summed E-state index contributed by atoms with van der Waals surface area (Å²) in [6, 6.07) is 8.74. The topological polar surface area (TPSA) is 103 Å². The van der Waals surface area contributed by atoms with E-state index in [0.717, 1.165) is 0 Å². The molecule has 1 aromatic carbocycles. The molecule has 0 unspecified atom stereocenters. The summed E-state index contributed by atoms with van der Waals surface area (Å²) in [5.41, 5.74) is 2.56. The van der Waals surface area contributed by atoms with E-state index in [2.05, 4.69) is 10.4 Å². The quantitative estimate of drug-likeness (QED) is 0.417. The molecule has 0 bridgehead atoms. The normalized spacial score (nSPS) is 10.7. The number of nitrogens with zero attached hydrogens (tertiary/aromatic N) is 2. The maximum atomic E-state index is 12.0. The second-order valence-corrected chi connectivity index (χ2v) is 4.40. The van der Waals surface area contributed by atoms with Gasteiger partial charge in [0.15, 0.2) is 0 Å². The summed E-state index contributed by atoms with van der Waals surface area (Å²) in [7, 11) is 0. The molecule has 0 atom stereocenters. The first-order chi connectivity index (χ1) is 10.2. The first-order valence-corrected chi connectivity index (χ1v) is 6.23. The van der Waals surface area contributed by atoms with Gasteiger partial charge in [0.25, 0.3) is 5.91 Å². The Hall–Kier alpha value is -2.93. The standard InChI is InChI=1S/C14H12N4O3/c15-17-13(19)12-9-4-1-2-5-10(9)21-11(12)8-18-7-3-6-16-14(18)20/h1-7H,8,15H2,(H,17,19). The molecule has 7 heteroatoms. The third kappa shape index (κ3) is 2.30. The largest absolute Gasteiger partial charge is 0.458 e. The van der Waals surface area contributed by atoms with Crippen molar-refractivity contribution in [2.24, 2.45) is 5.84 Å². The van der Waals surface area contributed by atoms with E-state index in [0.29, 0.717) is 22.3 Å². The number of nitrogen functional groups attached to an aromatic ring is 1. The molecule has 2 heterocycles. The number of para-hydroxylation sites is 1. The highest BCUT2D eigenvalue weighted by Gasteiger charge is 2.20. The van der Waals surface area contributed by atoms with Gasteiger partial charge < -0.3 is 4.42 Å². The van der Waals surface area contributed by atoms with Gasteiger partial charge in [0.05, 0.1) is 12.1 Å². The molecule has 0 fully saturated rings. The molecule has 2 aromatic heterocycles. The minimum Gasteiger partial charge on any atom is -0.458 e. The molecule has 7 nitrogen and oxygen atoms in total. The number of aromatic nitrogens is 2. The van der Waals surface area contributed by atoms with Crippen molar-refractivity contribution in [1.82, 2.24) is 15.0 Å². The Morgan fingerprint density at radius 2 is 2.14 bits per heavy atom. The van der Waals surface area contributed by atoms with Crippen LogP contribution in [-0.4, -0.2) is 15.5 Å². The molecule has 0 aliphatic carbocycles. The molecule has 3 rings (SSSR count). The van der Waals surface area contributed by atoms with E-state index in [1.807, 2.05) is 0 Å². The fraction of sp³-hybridized carbons (Fsp3) is 0.0714. The van der Waals surface area contributed by atoms with Crippen molar-refractivity contribution in [3.05, 3.63) is 64.5 Å². The zero-order valence-electron chi connectivity index (χ0n) is 10.9. The smallest absolute Gasteiger partial charge is 0.347 e. The summed E-state index contributed by atoms with van der Waals surface area (Å²) in [6.07, 6.45) is 2.98. The minimum atomic E-state index is -0.466. The highest BCUT2D eigenvalue weighted by atomic mass is 16.3. The monoisotopic (exact) mass is 284 g/mol. The number of hydrogen-bond acceptors (Lipinski definition) is 5. The summed E-state index contributed by atoms with van der Waals surface area (Å²) < 4.78 is 7.03. The highest BCUT2D eigenvalue weighted by molar-refractivity contribution is 6.07. The lowest BCUT2D eigenvalue weighted by Crippen LogP contribution is -2.31. The van der Waals surface area contributed by atoms with Crippen LogP contribution in [0.3, 0.4) is 0 Å². The molecule has 0 aliphatic heterocycles. The number of nitrogens with one attached hydrogen (secondary N) is 1. The minimum absolute atomic E-state index is 0.101. The maximum absolute atomic E-state index is 12.0. The Labute approximate surface area is 119 Å². The SMILES string of the molecule is NNC(=O)c1c(Cn2cccnc2=O)oc2ccccc12. The summed E-state index contributed by atoms with van der Waals surface area (Å²) >= 11 is 0. The number of carbonyl (C=O) groups is 1. The number of carbonyl (C=O) groups excluding carboxylic acids is 1. The third-order valence-corrected chi connectivity index (χ3v) is 3.12. The van der Waals surface area contributed by atoms with Gasteiger partial charge >= 0.3 is 5.69 Å². The van der Waals surface area contributed by atoms with E-state index in [1.54, 1.807) is 36.5 Å². The number of hydrogen-bond donors (Lipinski definition) is 2. The number of fused-ring (bicyclic) bond motifs is 1. The van der Waals surface area contributed by atoms with Gasteiger partial charge in [-0.1, -0.05) is 18.2 Å². The fourth-order valence-corrected chi connectivity index (χ4v) is 2.19. The van der Waals surface area contributed by atoms with Crippen LogP contribution < -0.4 is 17.0 Å². The molecule has 0 saturated heterocycles. The van der Waals surface area contributed by atoms with Crippen molar-refractivity contribution in [3.8, 4) is 0 Å². The second kappa shape index (κ2) is 5.22. The Morgan fingerprint density at radius 1 is 1.33 bits per heavy atom. The molecule has 106 valence electrons. The van der Waals surface area contributed by atoms with Gasteiger partial charge in [0.1, 0.15) is 11.3 Å². The first kappa shape index (κ1) is 13.1. The van der Waals surface area contributed by atoms with Gasteiger partial charge in [0.2, 0.25) is 0 Å². The Morgan fingerprint density at radius 3 is 2.90 bits per heavy atom. The van der Waals surface area contributed by atoms with Crippen LogP contribution in [0.1, 0.15) is 16.1 Å². The molecular weight excluding hydrogens is 272 g/mol. The van der Waals surface area contributed by atoms with Gasteiger partial charge in [-0.2, -0.15) is 0 Å². The highest BCUT2D eigenvalue weighted by Crippen LogP contribution is 2.26. The van der Waals surface area contributed by atoms with Crippen LogP contribution in [0.15, 0.2) is 51.9 Å². The van der Waals surface area contributed by atoms with E-state index in [1.165, 1.54) is 10.8 Å². The lowest BCUT2D eigenvalue weighted by Gasteiger charge is -2.04. The van der Waals surface area contributed by atoms with Crippen molar-refractivity contribution in [2.45, 2.75) is 6.54 Å². The number of furan rings is 1. The summed E-state index contributed by atoms with van der Waals surface area (Å²) in [5.74, 6) is 5.11. The molecule has 3 N–H and O–H groups in total. The van der Waals surface area contributed by atoms with E-state index < -0.39 is 11.6 Å². The van der Waals surface area contributed by atoms with E-state index in [-0.39, 0.29) is 6.54 Å². The fourth-order valence-electron chi connectivity index (χ4n) is 2.19. The zero-order chi connectivity index (χ0) is 14.8. The van der Waals surface area contributed by atoms with E-state index in [9.17, 15) is 9.59 Å². The molecule has 0 aliphatic rings. The average molecular weight is 284 g/mol.